The number of fused-ring (bicyclic) bond motifs is 4. The summed E-state index contributed by atoms with van der Waals surface area (Å²) in [6.07, 6.45) is 9.66. The zero-order chi connectivity index (χ0) is 18.5. The Hall–Kier alpha value is -1.71. The molecule has 2 fully saturated rings. The number of carbonyl (C=O) groups excluding carboxylic acids is 3. The van der Waals surface area contributed by atoms with Crippen LogP contribution in [-0.2, 0) is 19.1 Å². The fourth-order valence-corrected chi connectivity index (χ4v) is 6.33. The smallest absolute Gasteiger partial charge is 0.303 e. The van der Waals surface area contributed by atoms with E-state index in [0.717, 1.165) is 44.9 Å². The number of allylic oxidation sites excluding steroid dienone is 4. The lowest BCUT2D eigenvalue weighted by Gasteiger charge is -2.49. The Labute approximate surface area is 155 Å². The zero-order valence-corrected chi connectivity index (χ0v) is 15.8. The maximum absolute atomic E-state index is 12.7. The second kappa shape index (κ2) is 6.47. The van der Waals surface area contributed by atoms with Crippen LogP contribution in [0.15, 0.2) is 22.8 Å². The number of ketones is 2. The Morgan fingerprint density at radius 2 is 1.96 bits per heavy atom. The summed E-state index contributed by atoms with van der Waals surface area (Å²) in [4.78, 5) is 35.5. The third-order valence-electron chi connectivity index (χ3n) is 7.54. The first kappa shape index (κ1) is 17.7. The Morgan fingerprint density at radius 3 is 2.73 bits per heavy atom. The molecule has 0 bridgehead atoms. The first-order valence-electron chi connectivity index (χ1n) is 10.0. The van der Waals surface area contributed by atoms with Crippen LogP contribution in [0.3, 0.4) is 0 Å². The molecule has 0 aliphatic heterocycles. The third-order valence-corrected chi connectivity index (χ3v) is 7.54. The Bertz CT molecular complexity index is 728. The topological polar surface area (TPSA) is 60.4 Å². The lowest BCUT2D eigenvalue weighted by atomic mass is 9.55. The predicted octanol–water partition coefficient (Wildman–Crippen LogP) is 3.94. The van der Waals surface area contributed by atoms with Crippen LogP contribution >= 0.6 is 0 Å². The van der Waals surface area contributed by atoms with E-state index >= 15 is 0 Å². The molecule has 0 heterocycles. The van der Waals surface area contributed by atoms with Gasteiger partial charge in [0.1, 0.15) is 6.61 Å². The van der Waals surface area contributed by atoms with Gasteiger partial charge in [-0.3, -0.25) is 14.4 Å². The second-order valence-corrected chi connectivity index (χ2v) is 8.77. The van der Waals surface area contributed by atoms with Gasteiger partial charge in [0.15, 0.2) is 11.6 Å². The molecule has 0 N–H and O–H groups in total. The standard InChI is InChI=1S/C22H28O4/c1-13(23)26-12-21(25)20-8-7-19-18-5-3-14-11-15(24)4-6-16(14)17(18)9-10-22(19,20)2/h11,18-20H,3-10,12H2,1-2H3. The molecule has 0 amide bonds. The fraction of sp³-hybridized carbons (Fsp3) is 0.682. The highest BCUT2D eigenvalue weighted by Gasteiger charge is 2.55. The van der Waals surface area contributed by atoms with Crippen LogP contribution in [0.4, 0.5) is 0 Å². The van der Waals surface area contributed by atoms with Crippen molar-refractivity contribution in [3.8, 4) is 0 Å². The molecule has 4 nitrogen and oxygen atoms in total. The zero-order valence-electron chi connectivity index (χ0n) is 15.8. The van der Waals surface area contributed by atoms with Crippen molar-refractivity contribution < 1.29 is 19.1 Å². The van der Waals surface area contributed by atoms with Gasteiger partial charge in [-0.25, -0.2) is 0 Å². The van der Waals surface area contributed by atoms with E-state index in [1.807, 2.05) is 6.08 Å². The van der Waals surface area contributed by atoms with Crippen molar-refractivity contribution in [3.05, 3.63) is 22.8 Å². The molecule has 4 atom stereocenters. The molecular formula is C22H28O4. The van der Waals surface area contributed by atoms with E-state index in [-0.39, 0.29) is 35.5 Å². The lowest BCUT2D eigenvalue weighted by Crippen LogP contribution is -2.43. The Balaban J connectivity index is 1.58. The molecule has 0 saturated heterocycles. The van der Waals surface area contributed by atoms with Crippen molar-refractivity contribution in [2.45, 2.75) is 65.2 Å². The van der Waals surface area contributed by atoms with Crippen molar-refractivity contribution in [3.63, 3.8) is 0 Å². The number of ether oxygens (including phenoxy) is 1. The summed E-state index contributed by atoms with van der Waals surface area (Å²) >= 11 is 0. The molecule has 0 spiro atoms. The summed E-state index contributed by atoms with van der Waals surface area (Å²) in [6, 6.07) is 0. The van der Waals surface area contributed by atoms with Crippen molar-refractivity contribution >= 4 is 17.5 Å². The average molecular weight is 356 g/mol. The number of hydrogen-bond acceptors (Lipinski definition) is 4. The summed E-state index contributed by atoms with van der Waals surface area (Å²) in [5.74, 6) is 1.13. The number of carbonyl (C=O) groups is 3. The second-order valence-electron chi connectivity index (χ2n) is 8.77. The molecule has 0 radical (unpaired) electrons. The molecule has 4 aliphatic carbocycles. The highest BCUT2D eigenvalue weighted by atomic mass is 16.5. The van der Waals surface area contributed by atoms with E-state index < -0.39 is 0 Å². The molecule has 4 aliphatic rings. The molecule has 2 saturated carbocycles. The average Bonchev–Trinajstić information content (AvgIpc) is 2.96. The maximum Gasteiger partial charge on any atom is 0.303 e. The van der Waals surface area contributed by atoms with Crippen LogP contribution in [0.25, 0.3) is 0 Å². The van der Waals surface area contributed by atoms with Crippen molar-refractivity contribution in [2.24, 2.45) is 23.2 Å². The fourth-order valence-electron chi connectivity index (χ4n) is 6.33. The minimum Gasteiger partial charge on any atom is -0.458 e. The molecule has 4 heteroatoms. The molecule has 26 heavy (non-hydrogen) atoms. The largest absolute Gasteiger partial charge is 0.458 e. The Kier molecular flexibility index (Phi) is 4.40. The van der Waals surface area contributed by atoms with Gasteiger partial charge in [0, 0.05) is 19.3 Å². The van der Waals surface area contributed by atoms with E-state index in [2.05, 4.69) is 6.92 Å². The van der Waals surface area contributed by atoms with Crippen molar-refractivity contribution in [1.82, 2.24) is 0 Å². The SMILES string of the molecule is CC(=O)OCC(=O)C1CCC2C3CCC4=CC(=O)CCC4=C3CCC12C. The molecule has 140 valence electrons. The predicted molar refractivity (Wildman–Crippen MR) is 97.3 cm³/mol. The number of Topliss-reactive ketones (excluding diaryl/α,β-unsaturated/α-hetero) is 1. The van der Waals surface area contributed by atoms with Gasteiger partial charge in [0.05, 0.1) is 0 Å². The normalized spacial score (nSPS) is 36.0. The van der Waals surface area contributed by atoms with E-state index in [4.69, 9.17) is 4.74 Å². The quantitative estimate of drug-likeness (QED) is 0.719. The summed E-state index contributed by atoms with van der Waals surface area (Å²) in [5, 5.41) is 0. The van der Waals surface area contributed by atoms with E-state index in [0.29, 0.717) is 18.3 Å². The maximum atomic E-state index is 12.7. The van der Waals surface area contributed by atoms with Gasteiger partial charge in [-0.15, -0.1) is 0 Å². The lowest BCUT2D eigenvalue weighted by molar-refractivity contribution is -0.148. The van der Waals surface area contributed by atoms with Crippen LogP contribution < -0.4 is 0 Å². The van der Waals surface area contributed by atoms with Crippen LogP contribution in [0.2, 0.25) is 0 Å². The molecule has 0 aromatic heterocycles. The summed E-state index contributed by atoms with van der Waals surface area (Å²) in [7, 11) is 0. The van der Waals surface area contributed by atoms with Gasteiger partial charge >= 0.3 is 5.97 Å². The molecule has 0 aromatic carbocycles. The van der Waals surface area contributed by atoms with Crippen LogP contribution in [0, 0.1) is 23.2 Å². The Morgan fingerprint density at radius 1 is 1.15 bits per heavy atom. The number of esters is 1. The van der Waals surface area contributed by atoms with E-state index in [1.165, 1.54) is 18.1 Å². The van der Waals surface area contributed by atoms with Gasteiger partial charge < -0.3 is 4.74 Å². The third kappa shape index (κ3) is 2.78. The summed E-state index contributed by atoms with van der Waals surface area (Å²) in [6.45, 7) is 3.57. The summed E-state index contributed by atoms with van der Waals surface area (Å²) < 4.78 is 4.99. The minimum absolute atomic E-state index is 0.0169. The van der Waals surface area contributed by atoms with Gasteiger partial charge in [0.25, 0.3) is 0 Å². The monoisotopic (exact) mass is 356 g/mol. The highest BCUT2D eigenvalue weighted by molar-refractivity contribution is 5.93. The van der Waals surface area contributed by atoms with Gasteiger partial charge in [0.2, 0.25) is 0 Å². The first-order valence-corrected chi connectivity index (χ1v) is 10.0. The van der Waals surface area contributed by atoms with Crippen LogP contribution in [-0.4, -0.2) is 24.1 Å². The summed E-state index contributed by atoms with van der Waals surface area (Å²) in [5.41, 5.74) is 4.37. The van der Waals surface area contributed by atoms with Gasteiger partial charge in [-0.2, -0.15) is 0 Å². The van der Waals surface area contributed by atoms with Crippen LogP contribution in [0.5, 0.6) is 0 Å². The van der Waals surface area contributed by atoms with Gasteiger partial charge in [-0.1, -0.05) is 12.5 Å². The minimum atomic E-state index is -0.382. The van der Waals surface area contributed by atoms with Crippen molar-refractivity contribution in [2.75, 3.05) is 6.61 Å². The molecular weight excluding hydrogens is 328 g/mol. The van der Waals surface area contributed by atoms with E-state index in [9.17, 15) is 14.4 Å². The molecule has 4 unspecified atom stereocenters. The number of hydrogen-bond donors (Lipinski definition) is 0. The van der Waals surface area contributed by atoms with Crippen molar-refractivity contribution in [1.29, 1.82) is 0 Å². The first-order chi connectivity index (χ1) is 12.4. The highest BCUT2D eigenvalue weighted by Crippen LogP contribution is 2.62. The molecule has 0 aromatic rings. The van der Waals surface area contributed by atoms with Gasteiger partial charge in [-0.05, 0) is 79.4 Å². The van der Waals surface area contributed by atoms with E-state index in [1.54, 1.807) is 5.57 Å². The molecule has 4 rings (SSSR count). The number of rotatable bonds is 3. The van der Waals surface area contributed by atoms with Crippen LogP contribution in [0.1, 0.15) is 65.2 Å².